The van der Waals surface area contributed by atoms with Crippen molar-refractivity contribution in [2.24, 2.45) is 0 Å². The molecule has 0 unspecified atom stereocenters. The van der Waals surface area contributed by atoms with Gasteiger partial charge in [-0.05, 0) is 40.5 Å². The van der Waals surface area contributed by atoms with Gasteiger partial charge in [-0.3, -0.25) is 0 Å². The van der Waals surface area contributed by atoms with E-state index in [-0.39, 0.29) is 11.6 Å². The summed E-state index contributed by atoms with van der Waals surface area (Å²) in [6, 6.07) is 12.9. The number of rotatable bonds is 3. The van der Waals surface area contributed by atoms with Gasteiger partial charge in [-0.25, -0.2) is 9.37 Å². The lowest BCUT2D eigenvalue weighted by atomic mass is 10.2. The fourth-order valence-corrected chi connectivity index (χ4v) is 2.49. The number of ether oxygens (including phenoxy) is 1. The van der Waals surface area contributed by atoms with Gasteiger partial charge in [-0.1, -0.05) is 29.8 Å². The third kappa shape index (κ3) is 3.04. The SMILES string of the molecule is Cc1ccc(COc2cc3cc(Br)c(F)cc3nc2N)cc1. The van der Waals surface area contributed by atoms with Crippen LogP contribution in [0.15, 0.2) is 46.9 Å². The highest BCUT2D eigenvalue weighted by atomic mass is 79.9. The van der Waals surface area contributed by atoms with E-state index < -0.39 is 0 Å². The summed E-state index contributed by atoms with van der Waals surface area (Å²) in [6.07, 6.45) is 0. The van der Waals surface area contributed by atoms with Crippen molar-refractivity contribution in [3.05, 3.63) is 63.9 Å². The number of anilines is 1. The predicted molar refractivity (Wildman–Crippen MR) is 89.3 cm³/mol. The molecular formula is C17H14BrFN2O. The third-order valence-corrected chi connectivity index (χ3v) is 3.97. The summed E-state index contributed by atoms with van der Waals surface area (Å²) in [6.45, 7) is 2.44. The van der Waals surface area contributed by atoms with Crippen molar-refractivity contribution < 1.29 is 9.13 Å². The number of nitrogen functional groups attached to an aromatic ring is 1. The fourth-order valence-electron chi connectivity index (χ4n) is 2.13. The fraction of sp³-hybridized carbons (Fsp3) is 0.118. The number of nitrogens with two attached hydrogens (primary N) is 1. The third-order valence-electron chi connectivity index (χ3n) is 3.36. The van der Waals surface area contributed by atoms with E-state index in [9.17, 15) is 4.39 Å². The van der Waals surface area contributed by atoms with Crippen LogP contribution in [0.4, 0.5) is 10.2 Å². The number of nitrogens with zero attached hydrogens (tertiary/aromatic N) is 1. The molecule has 0 aliphatic carbocycles. The topological polar surface area (TPSA) is 48.1 Å². The van der Waals surface area contributed by atoms with Crippen LogP contribution in [0, 0.1) is 12.7 Å². The van der Waals surface area contributed by atoms with Gasteiger partial charge < -0.3 is 10.5 Å². The van der Waals surface area contributed by atoms with Gasteiger partial charge in [0.25, 0.3) is 0 Å². The van der Waals surface area contributed by atoms with Gasteiger partial charge in [0.1, 0.15) is 12.4 Å². The zero-order valence-electron chi connectivity index (χ0n) is 11.9. The summed E-state index contributed by atoms with van der Waals surface area (Å²) < 4.78 is 19.7. The molecule has 22 heavy (non-hydrogen) atoms. The molecule has 0 spiro atoms. The Bertz CT molecular complexity index is 834. The van der Waals surface area contributed by atoms with E-state index in [1.54, 1.807) is 12.1 Å². The number of hydrogen-bond acceptors (Lipinski definition) is 3. The van der Waals surface area contributed by atoms with Crippen LogP contribution in [-0.4, -0.2) is 4.98 Å². The Hall–Kier alpha value is -2.14. The van der Waals surface area contributed by atoms with Gasteiger partial charge in [-0.15, -0.1) is 0 Å². The van der Waals surface area contributed by atoms with Gasteiger partial charge in [0.05, 0.1) is 9.99 Å². The van der Waals surface area contributed by atoms with E-state index in [4.69, 9.17) is 10.5 Å². The number of aromatic nitrogens is 1. The first kappa shape index (κ1) is 14.8. The Morgan fingerprint density at radius 2 is 1.91 bits per heavy atom. The van der Waals surface area contributed by atoms with Crippen molar-refractivity contribution in [1.82, 2.24) is 4.98 Å². The average molecular weight is 361 g/mol. The average Bonchev–Trinajstić information content (AvgIpc) is 2.49. The molecule has 0 bridgehead atoms. The molecule has 0 aliphatic heterocycles. The summed E-state index contributed by atoms with van der Waals surface area (Å²) in [5.74, 6) is 0.376. The maximum Gasteiger partial charge on any atom is 0.166 e. The van der Waals surface area contributed by atoms with E-state index in [2.05, 4.69) is 20.9 Å². The van der Waals surface area contributed by atoms with Crippen LogP contribution >= 0.6 is 15.9 Å². The number of halogens is 2. The molecule has 2 aromatic carbocycles. The highest BCUT2D eigenvalue weighted by molar-refractivity contribution is 9.10. The van der Waals surface area contributed by atoms with Gasteiger partial charge in [0.15, 0.2) is 11.6 Å². The zero-order valence-corrected chi connectivity index (χ0v) is 13.5. The van der Waals surface area contributed by atoms with Crippen LogP contribution in [0.25, 0.3) is 10.9 Å². The molecule has 3 rings (SSSR count). The maximum atomic E-state index is 13.5. The van der Waals surface area contributed by atoms with E-state index in [1.165, 1.54) is 11.6 Å². The first-order valence-corrected chi connectivity index (χ1v) is 7.56. The highest BCUT2D eigenvalue weighted by Gasteiger charge is 2.09. The van der Waals surface area contributed by atoms with E-state index in [0.29, 0.717) is 22.3 Å². The molecule has 112 valence electrons. The standard InChI is InChI=1S/C17H14BrFN2O/c1-10-2-4-11(5-3-10)9-22-16-7-12-6-13(18)14(19)8-15(12)21-17(16)20/h2-8H,9H2,1H3,(H2,20,21). The van der Waals surface area contributed by atoms with Gasteiger partial charge in [0.2, 0.25) is 0 Å². The molecule has 3 aromatic rings. The van der Waals surface area contributed by atoms with Crippen molar-refractivity contribution in [1.29, 1.82) is 0 Å². The molecule has 2 N–H and O–H groups in total. The minimum atomic E-state index is -0.368. The van der Waals surface area contributed by atoms with E-state index in [0.717, 1.165) is 10.9 Å². The molecule has 0 aliphatic rings. The number of pyridine rings is 1. The Labute approximate surface area is 136 Å². The van der Waals surface area contributed by atoms with E-state index in [1.807, 2.05) is 31.2 Å². The molecule has 0 radical (unpaired) electrons. The van der Waals surface area contributed by atoms with Crippen LogP contribution in [0.5, 0.6) is 5.75 Å². The molecule has 1 heterocycles. The quantitative estimate of drug-likeness (QED) is 0.741. The Morgan fingerprint density at radius 1 is 1.18 bits per heavy atom. The summed E-state index contributed by atoms with van der Waals surface area (Å²) in [5.41, 5.74) is 8.64. The van der Waals surface area contributed by atoms with Crippen molar-refractivity contribution in [3.63, 3.8) is 0 Å². The van der Waals surface area contributed by atoms with Crippen LogP contribution < -0.4 is 10.5 Å². The lowest BCUT2D eigenvalue weighted by Crippen LogP contribution is -2.01. The number of hydrogen-bond donors (Lipinski definition) is 1. The van der Waals surface area contributed by atoms with Gasteiger partial charge in [0, 0.05) is 11.5 Å². The number of fused-ring (bicyclic) bond motifs is 1. The summed E-state index contributed by atoms with van der Waals surface area (Å²) >= 11 is 3.17. The number of aryl methyl sites for hydroxylation is 1. The second-order valence-electron chi connectivity index (χ2n) is 5.11. The summed E-state index contributed by atoms with van der Waals surface area (Å²) in [5, 5.41) is 0.765. The zero-order chi connectivity index (χ0) is 15.7. The van der Waals surface area contributed by atoms with Crippen LogP contribution in [0.1, 0.15) is 11.1 Å². The smallest absolute Gasteiger partial charge is 0.166 e. The Kier molecular flexibility index (Phi) is 3.98. The Balaban J connectivity index is 1.88. The molecule has 0 saturated carbocycles. The molecule has 5 heteroatoms. The molecular weight excluding hydrogens is 347 g/mol. The summed E-state index contributed by atoms with van der Waals surface area (Å²) in [4.78, 5) is 4.20. The molecule has 0 amide bonds. The van der Waals surface area contributed by atoms with Crippen LogP contribution in [0.3, 0.4) is 0 Å². The second-order valence-corrected chi connectivity index (χ2v) is 5.96. The highest BCUT2D eigenvalue weighted by Crippen LogP contribution is 2.29. The lowest BCUT2D eigenvalue weighted by molar-refractivity contribution is 0.307. The second kappa shape index (κ2) is 5.93. The Morgan fingerprint density at radius 3 is 2.64 bits per heavy atom. The lowest BCUT2D eigenvalue weighted by Gasteiger charge is -2.10. The molecule has 3 nitrogen and oxygen atoms in total. The van der Waals surface area contributed by atoms with Crippen molar-refractivity contribution in [2.75, 3.05) is 5.73 Å². The molecule has 0 atom stereocenters. The summed E-state index contributed by atoms with van der Waals surface area (Å²) in [7, 11) is 0. The van der Waals surface area contributed by atoms with Crippen molar-refractivity contribution >= 4 is 32.7 Å². The largest absolute Gasteiger partial charge is 0.485 e. The first-order valence-electron chi connectivity index (χ1n) is 6.76. The van der Waals surface area contributed by atoms with Crippen molar-refractivity contribution in [3.8, 4) is 5.75 Å². The van der Waals surface area contributed by atoms with Gasteiger partial charge >= 0.3 is 0 Å². The van der Waals surface area contributed by atoms with E-state index >= 15 is 0 Å². The maximum absolute atomic E-state index is 13.5. The minimum Gasteiger partial charge on any atom is -0.485 e. The number of benzene rings is 2. The van der Waals surface area contributed by atoms with Crippen LogP contribution in [-0.2, 0) is 6.61 Å². The van der Waals surface area contributed by atoms with Crippen molar-refractivity contribution in [2.45, 2.75) is 13.5 Å². The molecule has 0 fully saturated rings. The predicted octanol–water partition coefficient (Wildman–Crippen LogP) is 4.61. The molecule has 1 aromatic heterocycles. The monoisotopic (exact) mass is 360 g/mol. The van der Waals surface area contributed by atoms with Gasteiger partial charge in [-0.2, -0.15) is 0 Å². The first-order chi connectivity index (χ1) is 10.5. The normalized spacial score (nSPS) is 10.9. The molecule has 0 saturated heterocycles. The van der Waals surface area contributed by atoms with Crippen LogP contribution in [0.2, 0.25) is 0 Å². The minimum absolute atomic E-state index is 0.251.